The Morgan fingerprint density at radius 2 is 1.85 bits per heavy atom. The molecule has 2 aromatic heterocycles. The number of aryl methyl sites for hydroxylation is 3. The highest BCUT2D eigenvalue weighted by Gasteiger charge is 2.29. The fraction of sp³-hybridized carbons (Fsp3) is 0.348. The van der Waals surface area contributed by atoms with Crippen LogP contribution in [-0.2, 0) is 17.8 Å². The number of benzene rings is 1. The number of alkyl halides is 3. The van der Waals surface area contributed by atoms with E-state index in [1.54, 1.807) is 23.0 Å². The van der Waals surface area contributed by atoms with Gasteiger partial charge < -0.3 is 14.8 Å². The molecule has 0 radical (unpaired) electrons. The molecule has 1 aromatic carbocycles. The lowest BCUT2D eigenvalue weighted by Gasteiger charge is -2.13. The van der Waals surface area contributed by atoms with Gasteiger partial charge in [0, 0.05) is 24.9 Å². The number of ether oxygens (including phenoxy) is 2. The van der Waals surface area contributed by atoms with Crippen LogP contribution in [0.15, 0.2) is 42.6 Å². The number of pyridine rings is 1. The molecule has 7 nitrogen and oxygen atoms in total. The van der Waals surface area contributed by atoms with Gasteiger partial charge in [0.05, 0.1) is 12.8 Å². The van der Waals surface area contributed by atoms with Gasteiger partial charge in [0.25, 0.3) is 0 Å². The van der Waals surface area contributed by atoms with E-state index in [2.05, 4.69) is 15.4 Å². The van der Waals surface area contributed by atoms with Crippen molar-refractivity contribution in [1.82, 2.24) is 20.1 Å². The van der Waals surface area contributed by atoms with Crippen LogP contribution in [0.3, 0.4) is 0 Å². The van der Waals surface area contributed by atoms with Crippen molar-refractivity contribution in [2.75, 3.05) is 13.7 Å². The predicted octanol–water partition coefficient (Wildman–Crippen LogP) is 4.08. The molecule has 0 fully saturated rings. The number of carbonyl (C=O) groups excluding carboxylic acids is 1. The molecule has 1 amide bonds. The van der Waals surface area contributed by atoms with Gasteiger partial charge in [0.2, 0.25) is 5.91 Å². The summed E-state index contributed by atoms with van der Waals surface area (Å²) < 4.78 is 48.7. The van der Waals surface area contributed by atoms with Crippen LogP contribution in [0.4, 0.5) is 13.2 Å². The number of amides is 1. The zero-order valence-electron chi connectivity index (χ0n) is 18.6. The largest absolute Gasteiger partial charge is 0.493 e. The van der Waals surface area contributed by atoms with E-state index in [4.69, 9.17) is 9.47 Å². The predicted molar refractivity (Wildman–Crippen MR) is 116 cm³/mol. The van der Waals surface area contributed by atoms with Gasteiger partial charge in [-0.2, -0.15) is 18.3 Å². The van der Waals surface area contributed by atoms with Crippen molar-refractivity contribution < 1.29 is 27.4 Å². The minimum Gasteiger partial charge on any atom is -0.493 e. The number of rotatable bonds is 9. The van der Waals surface area contributed by atoms with Gasteiger partial charge in [-0.3, -0.25) is 4.79 Å². The summed E-state index contributed by atoms with van der Waals surface area (Å²) in [5.41, 5.74) is 3.49. The van der Waals surface area contributed by atoms with Crippen LogP contribution in [-0.4, -0.2) is 40.6 Å². The van der Waals surface area contributed by atoms with Crippen molar-refractivity contribution >= 4 is 5.91 Å². The van der Waals surface area contributed by atoms with Crippen LogP contribution in [0.2, 0.25) is 0 Å². The zero-order chi connectivity index (χ0) is 24.0. The van der Waals surface area contributed by atoms with Crippen molar-refractivity contribution in [1.29, 1.82) is 0 Å². The third-order valence-electron chi connectivity index (χ3n) is 4.79. The number of methoxy groups -OCH3 is 1. The lowest BCUT2D eigenvalue weighted by atomic mass is 10.1. The van der Waals surface area contributed by atoms with Gasteiger partial charge in [0.15, 0.2) is 23.9 Å². The van der Waals surface area contributed by atoms with Crippen LogP contribution in [0, 0.1) is 13.8 Å². The first-order chi connectivity index (χ1) is 15.6. The highest BCUT2D eigenvalue weighted by atomic mass is 19.4. The van der Waals surface area contributed by atoms with Crippen LogP contribution >= 0.6 is 0 Å². The Hall–Kier alpha value is -3.56. The highest BCUT2D eigenvalue weighted by molar-refractivity contribution is 5.76. The van der Waals surface area contributed by atoms with Crippen molar-refractivity contribution in [3.63, 3.8) is 0 Å². The monoisotopic (exact) mass is 462 g/mol. The first-order valence-electron chi connectivity index (χ1n) is 10.3. The second-order valence-electron chi connectivity index (χ2n) is 7.53. The summed E-state index contributed by atoms with van der Waals surface area (Å²) >= 11 is 0. The molecular weight excluding hydrogens is 437 g/mol. The Balaban J connectivity index is 1.49. The Labute approximate surface area is 189 Å². The average molecular weight is 462 g/mol. The van der Waals surface area contributed by atoms with E-state index < -0.39 is 12.8 Å². The summed E-state index contributed by atoms with van der Waals surface area (Å²) in [5, 5.41) is 7.23. The number of hydrogen-bond donors (Lipinski definition) is 1. The molecule has 0 unspecified atom stereocenters. The van der Waals surface area contributed by atoms with Crippen LogP contribution in [0.5, 0.6) is 11.5 Å². The minimum absolute atomic E-state index is 0.000519. The molecule has 1 N–H and O–H groups in total. The highest BCUT2D eigenvalue weighted by Crippen LogP contribution is 2.30. The van der Waals surface area contributed by atoms with Gasteiger partial charge in [-0.15, -0.1) is 0 Å². The van der Waals surface area contributed by atoms with Gasteiger partial charge in [-0.1, -0.05) is 12.1 Å². The van der Waals surface area contributed by atoms with E-state index in [1.807, 2.05) is 32.0 Å². The summed E-state index contributed by atoms with van der Waals surface area (Å²) in [4.78, 5) is 16.6. The van der Waals surface area contributed by atoms with Crippen LogP contribution in [0.25, 0.3) is 5.82 Å². The van der Waals surface area contributed by atoms with Gasteiger partial charge in [0.1, 0.15) is 0 Å². The van der Waals surface area contributed by atoms with Crippen LogP contribution in [0.1, 0.15) is 28.9 Å². The normalized spacial score (nSPS) is 11.3. The molecule has 0 saturated heterocycles. The third-order valence-corrected chi connectivity index (χ3v) is 4.79. The first-order valence-corrected chi connectivity index (χ1v) is 10.3. The van der Waals surface area contributed by atoms with E-state index in [0.29, 0.717) is 18.8 Å². The summed E-state index contributed by atoms with van der Waals surface area (Å²) in [7, 11) is 1.35. The maximum absolute atomic E-state index is 12.4. The van der Waals surface area contributed by atoms with Crippen molar-refractivity contribution in [3.05, 3.63) is 65.1 Å². The molecule has 2 heterocycles. The maximum Gasteiger partial charge on any atom is 0.422 e. The van der Waals surface area contributed by atoms with Gasteiger partial charge >= 0.3 is 6.18 Å². The molecular formula is C23H25F3N4O3. The number of hydrogen-bond acceptors (Lipinski definition) is 5. The average Bonchev–Trinajstić information content (AvgIpc) is 3.12. The quantitative estimate of drug-likeness (QED) is 0.519. The van der Waals surface area contributed by atoms with E-state index in [0.717, 1.165) is 22.5 Å². The second kappa shape index (κ2) is 10.4. The number of halogens is 3. The summed E-state index contributed by atoms with van der Waals surface area (Å²) in [6, 6.07) is 10.3. The fourth-order valence-corrected chi connectivity index (χ4v) is 3.20. The summed E-state index contributed by atoms with van der Waals surface area (Å²) in [6.45, 7) is 2.80. The van der Waals surface area contributed by atoms with Crippen molar-refractivity contribution in [3.8, 4) is 17.3 Å². The Morgan fingerprint density at radius 3 is 2.45 bits per heavy atom. The number of nitrogens with one attached hydrogen (secondary N) is 1. The van der Waals surface area contributed by atoms with Crippen molar-refractivity contribution in [2.45, 2.75) is 39.4 Å². The molecule has 0 bridgehead atoms. The van der Waals surface area contributed by atoms with E-state index in [1.165, 1.54) is 13.2 Å². The maximum atomic E-state index is 12.4. The molecule has 0 spiro atoms. The number of nitrogens with zero attached hydrogens (tertiary/aromatic N) is 3. The SMILES string of the molecule is COc1cc(CCC(=O)NCc2ccc(-n3nc(C)cc3C)nc2)ccc1OCC(F)(F)F. The standard InChI is InChI=1S/C23H25F3N4O3/c1-15-10-16(2)30(29-15)21-8-5-18(12-27-21)13-28-22(31)9-6-17-4-7-19(20(11-17)32-3)33-14-23(24,25)26/h4-5,7-8,10-12H,6,9,13-14H2,1-3H3,(H,28,31). The lowest BCUT2D eigenvalue weighted by Crippen LogP contribution is -2.23. The first kappa shape index (κ1) is 24.1. The van der Waals surface area contributed by atoms with E-state index >= 15 is 0 Å². The number of carbonyl (C=O) groups is 1. The molecule has 33 heavy (non-hydrogen) atoms. The lowest BCUT2D eigenvalue weighted by molar-refractivity contribution is -0.153. The Morgan fingerprint density at radius 1 is 1.09 bits per heavy atom. The zero-order valence-corrected chi connectivity index (χ0v) is 18.6. The second-order valence-corrected chi connectivity index (χ2v) is 7.53. The Bertz CT molecular complexity index is 1100. The smallest absolute Gasteiger partial charge is 0.422 e. The number of aromatic nitrogens is 3. The Kier molecular flexibility index (Phi) is 7.57. The van der Waals surface area contributed by atoms with Gasteiger partial charge in [-0.25, -0.2) is 9.67 Å². The fourth-order valence-electron chi connectivity index (χ4n) is 3.20. The molecule has 10 heteroatoms. The molecule has 0 aliphatic carbocycles. The molecule has 0 aliphatic rings. The topological polar surface area (TPSA) is 78.3 Å². The molecule has 3 rings (SSSR count). The third kappa shape index (κ3) is 6.96. The summed E-state index contributed by atoms with van der Waals surface area (Å²) in [6.07, 6.45) is -2.13. The van der Waals surface area contributed by atoms with Crippen LogP contribution < -0.4 is 14.8 Å². The van der Waals surface area contributed by atoms with E-state index in [-0.39, 0.29) is 23.8 Å². The summed E-state index contributed by atoms with van der Waals surface area (Å²) in [5.74, 6) is 0.728. The van der Waals surface area contributed by atoms with Crippen molar-refractivity contribution in [2.24, 2.45) is 0 Å². The molecule has 0 aliphatic heterocycles. The molecule has 176 valence electrons. The van der Waals surface area contributed by atoms with Gasteiger partial charge in [-0.05, 0) is 55.7 Å². The minimum atomic E-state index is -4.44. The molecule has 3 aromatic rings. The molecule has 0 saturated carbocycles. The van der Waals surface area contributed by atoms with E-state index in [9.17, 15) is 18.0 Å². The molecule has 0 atom stereocenters.